The van der Waals surface area contributed by atoms with E-state index in [-0.39, 0.29) is 11.1 Å². The van der Waals surface area contributed by atoms with E-state index in [0.717, 1.165) is 35.7 Å². The maximum atomic E-state index is 13.6. The average molecular weight is 479 g/mol. The van der Waals surface area contributed by atoms with Crippen molar-refractivity contribution >= 4 is 11.8 Å². The van der Waals surface area contributed by atoms with Gasteiger partial charge in [0.1, 0.15) is 5.82 Å². The summed E-state index contributed by atoms with van der Waals surface area (Å²) < 4.78 is 21.6. The van der Waals surface area contributed by atoms with Gasteiger partial charge in [-0.25, -0.2) is 4.39 Å². The zero-order valence-corrected chi connectivity index (χ0v) is 20.1. The first-order valence-electron chi connectivity index (χ1n) is 11.6. The number of hydrogen-bond acceptors (Lipinski definition) is 7. The molecule has 0 radical (unpaired) electrons. The Hall–Kier alpha value is -3.04. The summed E-state index contributed by atoms with van der Waals surface area (Å²) in [5.74, 6) is 1.59. The molecule has 0 bridgehead atoms. The Labute approximate surface area is 202 Å². The van der Waals surface area contributed by atoms with Gasteiger partial charge in [-0.05, 0) is 76.2 Å². The molecule has 7 nitrogen and oxygen atoms in total. The lowest BCUT2D eigenvalue weighted by Gasteiger charge is -2.26. The maximum Gasteiger partial charge on any atom is 0.247 e. The predicted molar refractivity (Wildman–Crippen MR) is 129 cm³/mol. The van der Waals surface area contributed by atoms with Crippen LogP contribution in [0.15, 0.2) is 58.1 Å². The van der Waals surface area contributed by atoms with E-state index in [1.807, 2.05) is 42.7 Å². The molecule has 1 unspecified atom stereocenters. The van der Waals surface area contributed by atoms with Gasteiger partial charge in [-0.3, -0.25) is 9.47 Å². The number of hydrogen-bond donors (Lipinski definition) is 0. The van der Waals surface area contributed by atoms with E-state index in [0.29, 0.717) is 23.5 Å². The smallest absolute Gasteiger partial charge is 0.247 e. The van der Waals surface area contributed by atoms with Crippen LogP contribution < -0.4 is 0 Å². The normalized spacial score (nSPS) is 15.5. The molecule has 3 heterocycles. The molecular formula is C25H27FN6OS. The minimum Gasteiger partial charge on any atom is -0.419 e. The van der Waals surface area contributed by atoms with E-state index >= 15 is 0 Å². The Morgan fingerprint density at radius 1 is 1.00 bits per heavy atom. The Morgan fingerprint density at radius 3 is 2.56 bits per heavy atom. The number of aromatic nitrogens is 5. The zero-order chi connectivity index (χ0) is 23.5. The molecule has 2 aromatic carbocycles. The fourth-order valence-electron chi connectivity index (χ4n) is 4.15. The molecule has 1 aliphatic heterocycles. The quantitative estimate of drug-likeness (QED) is 0.320. The summed E-state index contributed by atoms with van der Waals surface area (Å²) in [6.45, 7) is 6.85. The van der Waals surface area contributed by atoms with Crippen molar-refractivity contribution in [3.63, 3.8) is 0 Å². The lowest BCUT2D eigenvalue weighted by atomic mass is 10.1. The van der Waals surface area contributed by atoms with Crippen LogP contribution in [0.4, 0.5) is 4.39 Å². The van der Waals surface area contributed by atoms with Crippen LogP contribution in [-0.4, -0.2) is 43.0 Å². The minimum absolute atomic E-state index is 0.141. The molecule has 176 valence electrons. The Morgan fingerprint density at radius 2 is 1.79 bits per heavy atom. The summed E-state index contributed by atoms with van der Waals surface area (Å²) in [4.78, 5) is 2.40. The molecule has 4 aromatic rings. The fourth-order valence-corrected chi connectivity index (χ4v) is 5.06. The van der Waals surface area contributed by atoms with E-state index < -0.39 is 0 Å². The molecule has 0 amide bonds. The first-order chi connectivity index (χ1) is 16.6. The molecule has 34 heavy (non-hydrogen) atoms. The molecule has 5 rings (SSSR count). The number of piperidine rings is 1. The van der Waals surface area contributed by atoms with Gasteiger partial charge in [-0.1, -0.05) is 35.9 Å². The third-order valence-corrected chi connectivity index (χ3v) is 6.96. The summed E-state index contributed by atoms with van der Waals surface area (Å²) >= 11 is 1.50. The predicted octanol–water partition coefficient (Wildman–Crippen LogP) is 5.60. The van der Waals surface area contributed by atoms with Gasteiger partial charge in [0.2, 0.25) is 11.8 Å². The number of rotatable bonds is 7. The van der Waals surface area contributed by atoms with Gasteiger partial charge >= 0.3 is 0 Å². The van der Waals surface area contributed by atoms with Crippen molar-refractivity contribution in [2.24, 2.45) is 0 Å². The highest BCUT2D eigenvalue weighted by Crippen LogP contribution is 2.36. The largest absolute Gasteiger partial charge is 0.419 e. The van der Waals surface area contributed by atoms with E-state index in [2.05, 4.69) is 25.3 Å². The molecular weight excluding hydrogens is 451 g/mol. The number of thioether (sulfide) groups is 1. The molecule has 0 saturated carbocycles. The first kappa shape index (κ1) is 22.7. The van der Waals surface area contributed by atoms with E-state index in [1.54, 1.807) is 12.1 Å². The van der Waals surface area contributed by atoms with E-state index in [9.17, 15) is 4.39 Å². The molecule has 0 aliphatic carbocycles. The Balaban J connectivity index is 1.41. The second-order valence-corrected chi connectivity index (χ2v) is 9.93. The molecule has 0 N–H and O–H groups in total. The summed E-state index contributed by atoms with van der Waals surface area (Å²) in [6.07, 6.45) is 3.67. The number of benzene rings is 2. The van der Waals surface area contributed by atoms with Crippen molar-refractivity contribution in [3.05, 3.63) is 71.6 Å². The number of halogens is 1. The fraction of sp³-hybridized carbons (Fsp3) is 0.360. The standard InChI is InChI=1S/C25H27FN6OS/c1-17-7-6-8-19(15-17)24-29-28-23(33-24)18(2)34-25-30-27-22(16-31-13-4-3-5-14-31)32(25)21-11-9-20(26)10-12-21/h6-12,15,18H,3-5,13-14,16H2,1-2H3. The van der Waals surface area contributed by atoms with Crippen molar-refractivity contribution in [2.75, 3.05) is 13.1 Å². The number of nitrogens with zero attached hydrogens (tertiary/aromatic N) is 6. The molecule has 2 aromatic heterocycles. The third-order valence-electron chi connectivity index (χ3n) is 5.93. The van der Waals surface area contributed by atoms with Crippen molar-refractivity contribution in [1.29, 1.82) is 0 Å². The van der Waals surface area contributed by atoms with Crippen LogP contribution in [0.2, 0.25) is 0 Å². The molecule has 1 aliphatic rings. The van der Waals surface area contributed by atoms with Crippen molar-refractivity contribution in [3.8, 4) is 17.1 Å². The Bertz CT molecular complexity index is 1250. The molecule has 1 fully saturated rings. The van der Waals surface area contributed by atoms with Crippen LogP contribution >= 0.6 is 11.8 Å². The lowest BCUT2D eigenvalue weighted by molar-refractivity contribution is 0.214. The second kappa shape index (κ2) is 10.1. The topological polar surface area (TPSA) is 72.9 Å². The monoisotopic (exact) mass is 478 g/mol. The van der Waals surface area contributed by atoms with E-state index in [4.69, 9.17) is 4.42 Å². The third kappa shape index (κ3) is 5.05. The van der Waals surface area contributed by atoms with Crippen LogP contribution in [0.1, 0.15) is 48.7 Å². The van der Waals surface area contributed by atoms with Gasteiger partial charge in [-0.15, -0.1) is 20.4 Å². The first-order valence-corrected chi connectivity index (χ1v) is 12.4. The van der Waals surface area contributed by atoms with Crippen LogP contribution in [0, 0.1) is 12.7 Å². The summed E-state index contributed by atoms with van der Waals surface area (Å²) in [5, 5.41) is 18.1. The molecule has 1 atom stereocenters. The van der Waals surface area contributed by atoms with Gasteiger partial charge in [0.05, 0.1) is 11.8 Å². The van der Waals surface area contributed by atoms with Gasteiger partial charge in [0.15, 0.2) is 11.0 Å². The number of aryl methyl sites for hydroxylation is 1. The van der Waals surface area contributed by atoms with Crippen molar-refractivity contribution < 1.29 is 8.81 Å². The van der Waals surface area contributed by atoms with Gasteiger partial charge in [-0.2, -0.15) is 0 Å². The molecule has 9 heteroatoms. The highest BCUT2D eigenvalue weighted by Gasteiger charge is 2.23. The van der Waals surface area contributed by atoms with Crippen LogP contribution in [0.3, 0.4) is 0 Å². The number of likely N-dealkylation sites (tertiary alicyclic amines) is 1. The van der Waals surface area contributed by atoms with Gasteiger partial charge in [0, 0.05) is 11.3 Å². The van der Waals surface area contributed by atoms with Crippen molar-refractivity contribution in [2.45, 2.75) is 50.1 Å². The summed E-state index contributed by atoms with van der Waals surface area (Å²) in [6, 6.07) is 14.4. The summed E-state index contributed by atoms with van der Waals surface area (Å²) in [7, 11) is 0. The van der Waals surface area contributed by atoms with Gasteiger partial charge in [0.25, 0.3) is 0 Å². The maximum absolute atomic E-state index is 13.6. The highest BCUT2D eigenvalue weighted by molar-refractivity contribution is 7.99. The Kier molecular flexibility index (Phi) is 6.73. The summed E-state index contributed by atoms with van der Waals surface area (Å²) in [5.41, 5.74) is 2.86. The molecule has 1 saturated heterocycles. The SMILES string of the molecule is Cc1cccc(-c2nnc(C(C)Sc3nnc(CN4CCCCC4)n3-c3ccc(F)cc3)o2)c1. The van der Waals surface area contributed by atoms with Gasteiger partial charge < -0.3 is 4.42 Å². The van der Waals surface area contributed by atoms with E-state index in [1.165, 1.54) is 43.2 Å². The lowest BCUT2D eigenvalue weighted by Crippen LogP contribution is -2.30. The molecule has 0 spiro atoms. The van der Waals surface area contributed by atoms with Crippen LogP contribution in [0.25, 0.3) is 17.1 Å². The second-order valence-electron chi connectivity index (χ2n) is 8.62. The average Bonchev–Trinajstić information content (AvgIpc) is 3.48. The van der Waals surface area contributed by atoms with Crippen LogP contribution in [0.5, 0.6) is 0 Å². The zero-order valence-electron chi connectivity index (χ0n) is 19.3. The minimum atomic E-state index is -0.272. The van der Waals surface area contributed by atoms with Crippen molar-refractivity contribution in [1.82, 2.24) is 29.9 Å². The van der Waals surface area contributed by atoms with Crippen LogP contribution in [-0.2, 0) is 6.54 Å². The highest BCUT2D eigenvalue weighted by atomic mass is 32.2.